The Morgan fingerprint density at radius 1 is 1.30 bits per heavy atom. The van der Waals surface area contributed by atoms with E-state index in [1.807, 2.05) is 19.1 Å². The lowest BCUT2D eigenvalue weighted by Gasteiger charge is -2.12. The topological polar surface area (TPSA) is 42.0 Å². The van der Waals surface area contributed by atoms with Crippen molar-refractivity contribution in [2.45, 2.75) is 13.0 Å². The second-order valence-corrected chi connectivity index (χ2v) is 4.40. The molecular weight excluding hydrogens is 255 g/mol. The number of nitrogens with zero attached hydrogens (tertiary/aromatic N) is 1. The van der Waals surface area contributed by atoms with Crippen LogP contribution in [0.4, 0.5) is 4.39 Å². The van der Waals surface area contributed by atoms with Crippen molar-refractivity contribution in [2.24, 2.45) is 0 Å². The van der Waals surface area contributed by atoms with Crippen molar-refractivity contribution in [1.29, 1.82) is 0 Å². The molecule has 0 aliphatic rings. The lowest BCUT2D eigenvalue weighted by atomic mass is 10.1. The van der Waals surface area contributed by atoms with E-state index in [-0.39, 0.29) is 17.8 Å². The lowest BCUT2D eigenvalue weighted by molar-refractivity contribution is -0.117. The zero-order chi connectivity index (χ0) is 14.4. The van der Waals surface area contributed by atoms with E-state index in [0.29, 0.717) is 5.56 Å². The average Bonchev–Trinajstić information content (AvgIpc) is 2.46. The van der Waals surface area contributed by atoms with Gasteiger partial charge in [0.15, 0.2) is 0 Å². The third-order valence-electron chi connectivity index (χ3n) is 2.84. The molecule has 1 unspecified atom stereocenters. The van der Waals surface area contributed by atoms with Gasteiger partial charge < -0.3 is 5.32 Å². The Balaban J connectivity index is 1.96. The maximum absolute atomic E-state index is 13.0. The van der Waals surface area contributed by atoms with Gasteiger partial charge in [-0.1, -0.05) is 12.1 Å². The Bertz CT molecular complexity index is 611. The Labute approximate surface area is 117 Å². The number of rotatable bonds is 4. The quantitative estimate of drug-likeness (QED) is 0.867. The Hall–Kier alpha value is -2.49. The SMILES string of the molecule is CC(NC(=O)/C=C/c1cccc(F)c1)c1ccncc1. The molecule has 1 heterocycles. The number of hydrogen-bond donors (Lipinski definition) is 1. The minimum absolute atomic E-state index is 0.109. The van der Waals surface area contributed by atoms with Gasteiger partial charge in [0.1, 0.15) is 5.82 Å². The summed E-state index contributed by atoms with van der Waals surface area (Å²) in [5.41, 5.74) is 1.63. The molecule has 1 aromatic heterocycles. The Kier molecular flexibility index (Phi) is 4.60. The second kappa shape index (κ2) is 6.61. The van der Waals surface area contributed by atoms with Crippen molar-refractivity contribution in [3.05, 3.63) is 71.8 Å². The predicted octanol–water partition coefficient (Wildman–Crippen LogP) is 3.11. The van der Waals surface area contributed by atoms with Gasteiger partial charge in [-0.15, -0.1) is 0 Å². The summed E-state index contributed by atoms with van der Waals surface area (Å²) in [5, 5.41) is 2.83. The molecule has 0 spiro atoms. The van der Waals surface area contributed by atoms with Gasteiger partial charge in [0, 0.05) is 18.5 Å². The summed E-state index contributed by atoms with van der Waals surface area (Å²) in [4.78, 5) is 15.7. The number of pyridine rings is 1. The minimum atomic E-state index is -0.322. The predicted molar refractivity (Wildman–Crippen MR) is 76.2 cm³/mol. The van der Waals surface area contributed by atoms with E-state index in [2.05, 4.69) is 10.3 Å². The monoisotopic (exact) mass is 270 g/mol. The fourth-order valence-corrected chi connectivity index (χ4v) is 1.78. The van der Waals surface area contributed by atoms with Crippen molar-refractivity contribution in [3.8, 4) is 0 Å². The van der Waals surface area contributed by atoms with Crippen LogP contribution in [0.3, 0.4) is 0 Å². The third-order valence-corrected chi connectivity index (χ3v) is 2.84. The number of nitrogens with one attached hydrogen (secondary N) is 1. The Morgan fingerprint density at radius 3 is 2.75 bits per heavy atom. The van der Waals surface area contributed by atoms with E-state index in [1.165, 1.54) is 18.2 Å². The highest BCUT2D eigenvalue weighted by Gasteiger charge is 2.06. The normalized spacial score (nSPS) is 12.3. The fraction of sp³-hybridized carbons (Fsp3) is 0.125. The van der Waals surface area contributed by atoms with Crippen LogP contribution in [0.25, 0.3) is 6.08 Å². The molecule has 1 aromatic carbocycles. The fourth-order valence-electron chi connectivity index (χ4n) is 1.78. The summed E-state index contributed by atoms with van der Waals surface area (Å²) in [6, 6.07) is 9.66. The number of benzene rings is 1. The van der Waals surface area contributed by atoms with Crippen molar-refractivity contribution in [1.82, 2.24) is 10.3 Å². The molecule has 20 heavy (non-hydrogen) atoms. The first-order valence-corrected chi connectivity index (χ1v) is 6.29. The highest BCUT2D eigenvalue weighted by atomic mass is 19.1. The number of hydrogen-bond acceptors (Lipinski definition) is 2. The molecule has 0 aliphatic carbocycles. The third kappa shape index (κ3) is 4.02. The molecule has 0 saturated carbocycles. The van der Waals surface area contributed by atoms with Gasteiger partial charge in [-0.05, 0) is 48.4 Å². The summed E-state index contributed by atoms with van der Waals surface area (Å²) in [5.74, 6) is -0.545. The van der Waals surface area contributed by atoms with Crippen LogP contribution < -0.4 is 5.32 Å². The molecule has 0 radical (unpaired) electrons. The highest BCUT2D eigenvalue weighted by Crippen LogP contribution is 2.10. The molecule has 2 aromatic rings. The van der Waals surface area contributed by atoms with Crippen LogP contribution in [0.1, 0.15) is 24.1 Å². The average molecular weight is 270 g/mol. The number of aromatic nitrogens is 1. The molecule has 4 heteroatoms. The van der Waals surface area contributed by atoms with Gasteiger partial charge in [0.2, 0.25) is 5.91 Å². The lowest BCUT2D eigenvalue weighted by Crippen LogP contribution is -2.24. The molecule has 3 nitrogen and oxygen atoms in total. The first-order chi connectivity index (χ1) is 9.65. The van der Waals surface area contributed by atoms with Gasteiger partial charge in [0.25, 0.3) is 0 Å². The molecule has 0 saturated heterocycles. The van der Waals surface area contributed by atoms with E-state index in [1.54, 1.807) is 30.6 Å². The Morgan fingerprint density at radius 2 is 2.05 bits per heavy atom. The summed E-state index contributed by atoms with van der Waals surface area (Å²) in [6.45, 7) is 1.89. The van der Waals surface area contributed by atoms with Crippen molar-refractivity contribution in [3.63, 3.8) is 0 Å². The molecule has 1 amide bonds. The summed E-state index contributed by atoms with van der Waals surface area (Å²) in [6.07, 6.45) is 6.34. The standard InChI is InChI=1S/C16H15FN2O/c1-12(14-7-9-18-10-8-14)19-16(20)6-5-13-3-2-4-15(17)11-13/h2-12H,1H3,(H,19,20)/b6-5+. The van der Waals surface area contributed by atoms with E-state index in [0.717, 1.165) is 5.56 Å². The van der Waals surface area contributed by atoms with Crippen molar-refractivity contribution in [2.75, 3.05) is 0 Å². The van der Waals surface area contributed by atoms with Gasteiger partial charge >= 0.3 is 0 Å². The maximum atomic E-state index is 13.0. The highest BCUT2D eigenvalue weighted by molar-refractivity contribution is 5.91. The van der Waals surface area contributed by atoms with E-state index >= 15 is 0 Å². The van der Waals surface area contributed by atoms with Crippen LogP contribution in [0.2, 0.25) is 0 Å². The van der Waals surface area contributed by atoms with Crippen LogP contribution in [0, 0.1) is 5.82 Å². The van der Waals surface area contributed by atoms with E-state index < -0.39 is 0 Å². The molecule has 0 aliphatic heterocycles. The van der Waals surface area contributed by atoms with Crippen LogP contribution in [-0.4, -0.2) is 10.9 Å². The van der Waals surface area contributed by atoms with Crippen molar-refractivity contribution < 1.29 is 9.18 Å². The molecule has 0 bridgehead atoms. The zero-order valence-corrected chi connectivity index (χ0v) is 11.1. The van der Waals surface area contributed by atoms with Gasteiger partial charge in [-0.25, -0.2) is 4.39 Å². The van der Waals surface area contributed by atoms with Crippen LogP contribution in [0.5, 0.6) is 0 Å². The van der Waals surface area contributed by atoms with Crippen molar-refractivity contribution >= 4 is 12.0 Å². The van der Waals surface area contributed by atoms with Crippen LogP contribution >= 0.6 is 0 Å². The molecular formula is C16H15FN2O. The zero-order valence-electron chi connectivity index (χ0n) is 11.1. The molecule has 2 rings (SSSR count). The van der Waals surface area contributed by atoms with Gasteiger partial charge in [-0.2, -0.15) is 0 Å². The molecule has 0 fully saturated rings. The van der Waals surface area contributed by atoms with Gasteiger partial charge in [-0.3, -0.25) is 9.78 Å². The number of halogens is 1. The van der Waals surface area contributed by atoms with E-state index in [4.69, 9.17) is 0 Å². The summed E-state index contributed by atoms with van der Waals surface area (Å²) >= 11 is 0. The largest absolute Gasteiger partial charge is 0.346 e. The van der Waals surface area contributed by atoms with Gasteiger partial charge in [0.05, 0.1) is 6.04 Å². The number of amides is 1. The summed E-state index contributed by atoms with van der Waals surface area (Å²) in [7, 11) is 0. The van der Waals surface area contributed by atoms with Crippen LogP contribution in [0.15, 0.2) is 54.9 Å². The molecule has 102 valence electrons. The number of carbonyl (C=O) groups excluding carboxylic acids is 1. The van der Waals surface area contributed by atoms with E-state index in [9.17, 15) is 9.18 Å². The smallest absolute Gasteiger partial charge is 0.244 e. The maximum Gasteiger partial charge on any atom is 0.244 e. The van der Waals surface area contributed by atoms with Crippen LogP contribution in [-0.2, 0) is 4.79 Å². The number of carbonyl (C=O) groups is 1. The second-order valence-electron chi connectivity index (χ2n) is 4.40. The first-order valence-electron chi connectivity index (χ1n) is 6.29. The minimum Gasteiger partial charge on any atom is -0.346 e. The first kappa shape index (κ1) is 13.9. The molecule has 1 N–H and O–H groups in total. The summed E-state index contributed by atoms with van der Waals surface area (Å²) < 4.78 is 13.0. The molecule has 1 atom stereocenters.